The minimum Gasteiger partial charge on any atom is -0.370 e. The fourth-order valence-corrected chi connectivity index (χ4v) is 3.23. The number of non-ortho nitro benzene ring substituents is 1. The van der Waals surface area contributed by atoms with E-state index in [0.717, 1.165) is 48.6 Å². The molecule has 0 fully saturated rings. The highest BCUT2D eigenvalue weighted by atomic mass is 16.6. The second kappa shape index (κ2) is 6.39. The summed E-state index contributed by atoms with van der Waals surface area (Å²) < 4.78 is 1.87. The van der Waals surface area contributed by atoms with Crippen LogP contribution in [0.2, 0.25) is 0 Å². The van der Waals surface area contributed by atoms with Crippen molar-refractivity contribution in [3.8, 4) is 16.9 Å². The van der Waals surface area contributed by atoms with Crippen LogP contribution < -0.4 is 5.32 Å². The van der Waals surface area contributed by atoms with Gasteiger partial charge in [0.1, 0.15) is 5.82 Å². The lowest BCUT2D eigenvalue weighted by atomic mass is 10.0. The Labute approximate surface area is 145 Å². The summed E-state index contributed by atoms with van der Waals surface area (Å²) in [5.41, 5.74) is 4.17. The Bertz CT molecular complexity index is 901. The van der Waals surface area contributed by atoms with Crippen LogP contribution in [0, 0.1) is 10.1 Å². The Hall–Kier alpha value is -3.15. The topological polar surface area (TPSA) is 73.0 Å². The number of nitrogens with zero attached hydrogens (tertiary/aromatic N) is 3. The minimum atomic E-state index is -0.388. The number of nitro benzene ring substituents is 1. The lowest BCUT2D eigenvalue weighted by molar-refractivity contribution is -0.384. The molecular formula is C19H18N4O2. The summed E-state index contributed by atoms with van der Waals surface area (Å²) in [7, 11) is 0. The quantitative estimate of drug-likeness (QED) is 0.575. The molecule has 0 saturated carbocycles. The van der Waals surface area contributed by atoms with Gasteiger partial charge in [-0.05, 0) is 31.4 Å². The highest BCUT2D eigenvalue weighted by molar-refractivity contribution is 5.71. The van der Waals surface area contributed by atoms with Crippen molar-refractivity contribution in [1.82, 2.24) is 9.78 Å². The van der Waals surface area contributed by atoms with Gasteiger partial charge in [0, 0.05) is 29.8 Å². The molecule has 1 N–H and O–H groups in total. The summed E-state index contributed by atoms with van der Waals surface area (Å²) >= 11 is 0. The van der Waals surface area contributed by atoms with Crippen molar-refractivity contribution in [2.75, 3.05) is 11.9 Å². The molecule has 0 bridgehead atoms. The van der Waals surface area contributed by atoms with Crippen LogP contribution in [0.25, 0.3) is 16.9 Å². The molecule has 0 atom stereocenters. The maximum Gasteiger partial charge on any atom is 0.269 e. The first-order valence-corrected chi connectivity index (χ1v) is 8.40. The van der Waals surface area contributed by atoms with Crippen LogP contribution in [0.15, 0.2) is 54.6 Å². The van der Waals surface area contributed by atoms with Gasteiger partial charge in [0.2, 0.25) is 0 Å². The number of hydrogen-bond acceptors (Lipinski definition) is 4. The molecule has 25 heavy (non-hydrogen) atoms. The number of anilines is 1. The Morgan fingerprint density at radius 3 is 2.52 bits per heavy atom. The average molecular weight is 334 g/mol. The van der Waals surface area contributed by atoms with Gasteiger partial charge < -0.3 is 5.32 Å². The van der Waals surface area contributed by atoms with Gasteiger partial charge in [-0.25, -0.2) is 4.68 Å². The smallest absolute Gasteiger partial charge is 0.269 e. The van der Waals surface area contributed by atoms with Crippen molar-refractivity contribution >= 4 is 11.5 Å². The zero-order chi connectivity index (χ0) is 17.2. The van der Waals surface area contributed by atoms with Crippen molar-refractivity contribution in [1.29, 1.82) is 0 Å². The summed E-state index contributed by atoms with van der Waals surface area (Å²) in [6.07, 6.45) is 3.20. The van der Waals surface area contributed by atoms with Crippen molar-refractivity contribution in [3.63, 3.8) is 0 Å². The van der Waals surface area contributed by atoms with Crippen LogP contribution in [-0.4, -0.2) is 21.2 Å². The van der Waals surface area contributed by atoms with Crippen LogP contribution in [0.3, 0.4) is 0 Å². The van der Waals surface area contributed by atoms with E-state index in [0.29, 0.717) is 0 Å². The molecule has 2 heterocycles. The van der Waals surface area contributed by atoms with E-state index in [2.05, 4.69) is 17.4 Å². The summed E-state index contributed by atoms with van der Waals surface area (Å²) in [4.78, 5) is 10.5. The Balaban J connectivity index is 1.85. The highest BCUT2D eigenvalue weighted by Crippen LogP contribution is 2.34. The standard InChI is InChI=1S/C19H18N4O2/c24-23(25)16-11-9-15(10-12-16)22-19-17(8-4-5-13-20-19)18(21-22)14-6-2-1-3-7-14/h1-3,6-7,9-12,20H,4-5,8,13H2. The van der Waals surface area contributed by atoms with E-state index in [4.69, 9.17) is 5.10 Å². The van der Waals surface area contributed by atoms with E-state index in [1.807, 2.05) is 22.9 Å². The van der Waals surface area contributed by atoms with Crippen molar-refractivity contribution in [2.45, 2.75) is 19.3 Å². The van der Waals surface area contributed by atoms with E-state index in [1.54, 1.807) is 12.1 Å². The van der Waals surface area contributed by atoms with Crippen molar-refractivity contribution in [3.05, 3.63) is 70.3 Å². The zero-order valence-electron chi connectivity index (χ0n) is 13.7. The van der Waals surface area contributed by atoms with Gasteiger partial charge in [-0.2, -0.15) is 5.10 Å². The molecule has 0 saturated heterocycles. The normalized spacial score (nSPS) is 13.6. The van der Waals surface area contributed by atoms with Gasteiger partial charge in [-0.1, -0.05) is 30.3 Å². The van der Waals surface area contributed by atoms with Gasteiger partial charge >= 0.3 is 0 Å². The van der Waals surface area contributed by atoms with Crippen LogP contribution in [0.4, 0.5) is 11.5 Å². The third kappa shape index (κ3) is 2.87. The minimum absolute atomic E-state index is 0.0817. The number of hydrogen-bond donors (Lipinski definition) is 1. The molecule has 0 radical (unpaired) electrons. The van der Waals surface area contributed by atoms with Gasteiger partial charge in [-0.15, -0.1) is 0 Å². The number of nitrogens with one attached hydrogen (secondary N) is 1. The molecule has 2 aromatic carbocycles. The maximum absolute atomic E-state index is 10.9. The van der Waals surface area contributed by atoms with Crippen LogP contribution in [0.1, 0.15) is 18.4 Å². The van der Waals surface area contributed by atoms with Gasteiger partial charge in [0.05, 0.1) is 16.3 Å². The van der Waals surface area contributed by atoms with E-state index in [-0.39, 0.29) is 10.6 Å². The molecule has 3 aromatic rings. The molecule has 4 rings (SSSR count). The third-order valence-electron chi connectivity index (χ3n) is 4.48. The first-order chi connectivity index (χ1) is 12.2. The predicted octanol–water partition coefficient (Wildman–Crippen LogP) is 4.20. The fraction of sp³-hybridized carbons (Fsp3) is 0.211. The second-order valence-corrected chi connectivity index (χ2v) is 6.11. The van der Waals surface area contributed by atoms with E-state index in [1.165, 1.54) is 17.7 Å². The monoisotopic (exact) mass is 334 g/mol. The number of rotatable bonds is 3. The fourth-order valence-electron chi connectivity index (χ4n) is 3.23. The second-order valence-electron chi connectivity index (χ2n) is 6.11. The molecule has 0 spiro atoms. The predicted molar refractivity (Wildman–Crippen MR) is 97.1 cm³/mol. The lowest BCUT2D eigenvalue weighted by Crippen LogP contribution is -2.07. The lowest BCUT2D eigenvalue weighted by Gasteiger charge is -2.09. The Morgan fingerprint density at radius 2 is 1.80 bits per heavy atom. The molecule has 6 nitrogen and oxygen atoms in total. The molecule has 126 valence electrons. The number of aromatic nitrogens is 2. The summed E-state index contributed by atoms with van der Waals surface area (Å²) in [5, 5.41) is 19.2. The van der Waals surface area contributed by atoms with Gasteiger partial charge in [-0.3, -0.25) is 10.1 Å². The summed E-state index contributed by atoms with van der Waals surface area (Å²) in [5.74, 6) is 0.991. The average Bonchev–Trinajstić information content (AvgIpc) is 2.84. The molecule has 6 heteroatoms. The third-order valence-corrected chi connectivity index (χ3v) is 4.48. The molecule has 0 amide bonds. The molecular weight excluding hydrogens is 316 g/mol. The van der Waals surface area contributed by atoms with E-state index >= 15 is 0 Å². The Kier molecular flexibility index (Phi) is 3.93. The largest absolute Gasteiger partial charge is 0.370 e. The molecule has 1 aliphatic rings. The van der Waals surface area contributed by atoms with E-state index < -0.39 is 0 Å². The Morgan fingerprint density at radius 1 is 1.04 bits per heavy atom. The summed E-state index contributed by atoms with van der Waals surface area (Å²) in [6.45, 7) is 0.903. The number of fused-ring (bicyclic) bond motifs is 1. The van der Waals surface area contributed by atoms with Crippen molar-refractivity contribution < 1.29 is 4.92 Å². The zero-order valence-corrected chi connectivity index (χ0v) is 13.7. The maximum atomic E-state index is 10.9. The first-order valence-electron chi connectivity index (χ1n) is 8.40. The van der Waals surface area contributed by atoms with Crippen LogP contribution >= 0.6 is 0 Å². The summed E-state index contributed by atoms with van der Waals surface area (Å²) in [6, 6.07) is 16.7. The SMILES string of the molecule is O=[N+]([O-])c1ccc(-n2nc(-c3ccccc3)c3c2NCCCC3)cc1. The highest BCUT2D eigenvalue weighted by Gasteiger charge is 2.21. The van der Waals surface area contributed by atoms with Gasteiger partial charge in [0.15, 0.2) is 0 Å². The van der Waals surface area contributed by atoms with Crippen molar-refractivity contribution in [2.24, 2.45) is 0 Å². The molecule has 1 aromatic heterocycles. The number of benzene rings is 2. The van der Waals surface area contributed by atoms with Gasteiger partial charge in [0.25, 0.3) is 5.69 Å². The van der Waals surface area contributed by atoms with Crippen LogP contribution in [-0.2, 0) is 6.42 Å². The molecule has 1 aliphatic heterocycles. The van der Waals surface area contributed by atoms with Crippen LogP contribution in [0.5, 0.6) is 0 Å². The van der Waals surface area contributed by atoms with E-state index in [9.17, 15) is 10.1 Å². The number of nitro groups is 1. The molecule has 0 unspecified atom stereocenters. The first kappa shape index (κ1) is 15.4. The molecule has 0 aliphatic carbocycles.